The summed E-state index contributed by atoms with van der Waals surface area (Å²) in [4.78, 5) is 0. The van der Waals surface area contributed by atoms with Crippen LogP contribution in [0.3, 0.4) is 0 Å². The van der Waals surface area contributed by atoms with E-state index in [1.165, 1.54) is 0 Å². The molecule has 0 saturated heterocycles. The zero-order valence-electron chi connectivity index (χ0n) is 12.3. The molecule has 3 aromatic rings. The quantitative estimate of drug-likeness (QED) is 0.331. The van der Waals surface area contributed by atoms with Crippen LogP contribution in [-0.4, -0.2) is 0 Å². The molecule has 0 aliphatic rings. The van der Waals surface area contributed by atoms with Crippen LogP contribution in [0.25, 0.3) is 0 Å². The van der Waals surface area contributed by atoms with Crippen LogP contribution in [-0.2, 0) is 4.57 Å². The summed E-state index contributed by atoms with van der Waals surface area (Å²) < 4.78 is 14.8. The van der Waals surface area contributed by atoms with Crippen molar-refractivity contribution in [2.45, 2.75) is 0 Å². The first-order valence-corrected chi connectivity index (χ1v) is 9.97. The third-order valence-electron chi connectivity index (χ3n) is 3.42. The second-order valence-electron chi connectivity index (χ2n) is 5.03. The average molecular weight is 428 g/mol. The van der Waals surface area contributed by atoms with Crippen molar-refractivity contribution < 1.29 is 4.57 Å². The van der Waals surface area contributed by atoms with Crippen LogP contribution < -0.4 is 10.6 Å². The summed E-state index contributed by atoms with van der Waals surface area (Å²) in [7, 11) is -2.97. The number of halogens is 1. The van der Waals surface area contributed by atoms with Crippen LogP contribution in [0.4, 0.5) is 0 Å². The molecule has 0 aliphatic heterocycles. The molecular formula is C20H14IOP. The minimum atomic E-state index is -2.97. The number of benzene rings is 3. The molecule has 0 N–H and O–H groups in total. The van der Waals surface area contributed by atoms with E-state index < -0.39 is 7.14 Å². The first-order valence-electron chi connectivity index (χ1n) is 7.19. The molecular weight excluding hydrogens is 414 g/mol. The van der Waals surface area contributed by atoms with Gasteiger partial charge in [0.05, 0.1) is 0 Å². The molecule has 0 spiro atoms. The highest BCUT2D eigenvalue weighted by atomic mass is 127. The minimum absolute atomic E-state index is 0.768. The summed E-state index contributed by atoms with van der Waals surface area (Å²) in [6, 6.07) is 26.9. The van der Waals surface area contributed by atoms with Gasteiger partial charge in [0, 0.05) is 19.7 Å². The maximum atomic E-state index is 13.7. The molecule has 0 aliphatic carbocycles. The number of rotatable bonds is 2. The van der Waals surface area contributed by atoms with E-state index in [4.69, 9.17) is 0 Å². The maximum absolute atomic E-state index is 13.7. The van der Waals surface area contributed by atoms with Crippen LogP contribution in [0.2, 0.25) is 0 Å². The van der Waals surface area contributed by atoms with Crippen molar-refractivity contribution in [3.8, 4) is 11.6 Å². The van der Waals surface area contributed by atoms with E-state index in [2.05, 4.69) is 34.2 Å². The van der Waals surface area contributed by atoms with Crippen LogP contribution in [0.15, 0.2) is 84.9 Å². The van der Waals surface area contributed by atoms with Crippen LogP contribution in [0.5, 0.6) is 0 Å². The highest BCUT2D eigenvalue weighted by molar-refractivity contribution is 14.1. The second-order valence-corrected chi connectivity index (χ2v) is 8.75. The van der Waals surface area contributed by atoms with Crippen molar-refractivity contribution in [2.75, 3.05) is 0 Å². The van der Waals surface area contributed by atoms with Crippen molar-refractivity contribution in [3.63, 3.8) is 0 Å². The van der Waals surface area contributed by atoms with E-state index in [0.717, 1.165) is 19.7 Å². The molecule has 3 heteroatoms. The Morgan fingerprint density at radius 2 is 1.30 bits per heavy atom. The van der Waals surface area contributed by atoms with E-state index in [-0.39, 0.29) is 0 Å². The fourth-order valence-corrected chi connectivity index (χ4v) is 4.83. The first kappa shape index (κ1) is 16.1. The highest BCUT2D eigenvalue weighted by Crippen LogP contribution is 2.41. The molecule has 0 radical (unpaired) electrons. The molecule has 0 amide bonds. The Kier molecular flexibility index (Phi) is 5.00. The van der Waals surface area contributed by atoms with Crippen molar-refractivity contribution in [1.82, 2.24) is 0 Å². The number of hydrogen-bond acceptors (Lipinski definition) is 1. The zero-order valence-corrected chi connectivity index (χ0v) is 15.4. The standard InChI is InChI=1S/C20H14IOP/c21-18-9-7-8-17(16-18)14-15-23(22,19-10-3-1-4-11-19)20-12-5-2-6-13-20/h1-13,16H. The number of hydrogen-bond donors (Lipinski definition) is 0. The Balaban J connectivity index is 2.13. The predicted molar refractivity (Wildman–Crippen MR) is 106 cm³/mol. The minimum Gasteiger partial charge on any atom is -0.300 e. The van der Waals surface area contributed by atoms with Crippen LogP contribution in [0.1, 0.15) is 5.56 Å². The lowest BCUT2D eigenvalue weighted by Crippen LogP contribution is -2.14. The van der Waals surface area contributed by atoms with Gasteiger partial charge in [0.25, 0.3) is 0 Å². The fraction of sp³-hybridized carbons (Fsp3) is 0. The van der Waals surface area contributed by atoms with Crippen LogP contribution in [0, 0.1) is 15.2 Å². The summed E-state index contributed by atoms with van der Waals surface area (Å²) in [6.07, 6.45) is 0. The normalized spacial score (nSPS) is 10.7. The smallest absolute Gasteiger partial charge is 0.211 e. The lowest BCUT2D eigenvalue weighted by molar-refractivity contribution is 0.593. The van der Waals surface area contributed by atoms with Crippen LogP contribution >= 0.6 is 29.7 Å². The third-order valence-corrected chi connectivity index (χ3v) is 6.57. The summed E-state index contributed by atoms with van der Waals surface area (Å²) in [6.45, 7) is 0. The van der Waals surface area contributed by atoms with Crippen molar-refractivity contribution in [3.05, 3.63) is 94.1 Å². The molecule has 0 fully saturated rings. The molecule has 112 valence electrons. The molecule has 3 rings (SSSR count). The second kappa shape index (κ2) is 7.17. The van der Waals surface area contributed by atoms with E-state index in [9.17, 15) is 4.57 Å². The van der Waals surface area contributed by atoms with Gasteiger partial charge < -0.3 is 0 Å². The van der Waals surface area contributed by atoms with Gasteiger partial charge in [0.1, 0.15) is 0 Å². The van der Waals surface area contributed by atoms with Gasteiger partial charge in [-0.1, -0.05) is 72.7 Å². The van der Waals surface area contributed by atoms with Gasteiger partial charge in [0.2, 0.25) is 7.14 Å². The van der Waals surface area contributed by atoms with Gasteiger partial charge in [0.15, 0.2) is 0 Å². The summed E-state index contributed by atoms with van der Waals surface area (Å²) in [5, 5.41) is 1.54. The lowest BCUT2D eigenvalue weighted by atomic mass is 10.2. The summed E-state index contributed by atoms with van der Waals surface area (Å²) in [5.74, 6) is 3.11. The van der Waals surface area contributed by atoms with Gasteiger partial charge in [-0.05, 0) is 46.5 Å². The van der Waals surface area contributed by atoms with Gasteiger partial charge in [-0.15, -0.1) is 0 Å². The maximum Gasteiger partial charge on any atom is 0.211 e. The molecule has 0 aromatic heterocycles. The zero-order chi connectivity index (χ0) is 16.1. The fourth-order valence-electron chi connectivity index (χ4n) is 2.26. The Hall–Kier alpha value is -1.82. The lowest BCUT2D eigenvalue weighted by Gasteiger charge is -2.12. The molecule has 0 heterocycles. The molecule has 3 aromatic carbocycles. The predicted octanol–water partition coefficient (Wildman–Crippen LogP) is 4.61. The van der Waals surface area contributed by atoms with Gasteiger partial charge in [-0.2, -0.15) is 0 Å². The Labute approximate surface area is 150 Å². The van der Waals surface area contributed by atoms with Gasteiger partial charge >= 0.3 is 0 Å². The van der Waals surface area contributed by atoms with E-state index in [1.54, 1.807) is 0 Å². The van der Waals surface area contributed by atoms with Crippen molar-refractivity contribution in [2.24, 2.45) is 0 Å². The molecule has 1 nitrogen and oxygen atoms in total. The Morgan fingerprint density at radius 1 is 0.739 bits per heavy atom. The summed E-state index contributed by atoms with van der Waals surface area (Å²) in [5.41, 5.74) is 3.95. The average Bonchev–Trinajstić information content (AvgIpc) is 2.61. The van der Waals surface area contributed by atoms with E-state index >= 15 is 0 Å². The Bertz CT molecular complexity index is 865. The topological polar surface area (TPSA) is 17.1 Å². The summed E-state index contributed by atoms with van der Waals surface area (Å²) >= 11 is 2.25. The van der Waals surface area contributed by atoms with Gasteiger partial charge in [-0.3, -0.25) is 4.57 Å². The van der Waals surface area contributed by atoms with Gasteiger partial charge in [-0.25, -0.2) is 0 Å². The molecule has 23 heavy (non-hydrogen) atoms. The van der Waals surface area contributed by atoms with E-state index in [0.29, 0.717) is 0 Å². The van der Waals surface area contributed by atoms with E-state index in [1.807, 2.05) is 84.9 Å². The molecule has 0 bridgehead atoms. The molecule has 0 saturated carbocycles. The van der Waals surface area contributed by atoms with Crippen molar-refractivity contribution in [1.29, 1.82) is 0 Å². The molecule has 0 atom stereocenters. The SMILES string of the molecule is O=P(C#Cc1cccc(I)c1)(c1ccccc1)c1ccccc1. The van der Waals surface area contributed by atoms with Crippen molar-refractivity contribution >= 4 is 40.3 Å². The third kappa shape index (κ3) is 3.75. The Morgan fingerprint density at radius 3 is 1.83 bits per heavy atom. The first-order chi connectivity index (χ1) is 11.2. The molecule has 0 unspecified atom stereocenters. The highest BCUT2D eigenvalue weighted by Gasteiger charge is 2.24. The largest absolute Gasteiger partial charge is 0.300 e. The monoisotopic (exact) mass is 428 g/mol.